The van der Waals surface area contributed by atoms with Crippen molar-refractivity contribution >= 4 is 27.7 Å². The molecule has 2 rings (SSSR count). The van der Waals surface area contributed by atoms with Gasteiger partial charge in [0.15, 0.2) is 0 Å². The van der Waals surface area contributed by atoms with Crippen LogP contribution in [0, 0.1) is 5.82 Å². The first-order valence-electron chi connectivity index (χ1n) is 4.57. The number of benzene rings is 1. The molecule has 0 fully saturated rings. The Labute approximate surface area is 105 Å². The van der Waals surface area contributed by atoms with Crippen LogP contribution in [0.1, 0.15) is 0 Å². The van der Waals surface area contributed by atoms with Gasteiger partial charge < -0.3 is 16.2 Å². The third kappa shape index (κ3) is 2.82. The molecule has 0 aliphatic carbocycles. The van der Waals surface area contributed by atoms with Gasteiger partial charge in [-0.15, -0.1) is 0 Å². The number of halogens is 2. The van der Waals surface area contributed by atoms with Crippen molar-refractivity contribution in [2.45, 2.75) is 0 Å². The zero-order valence-electron chi connectivity index (χ0n) is 8.52. The molecule has 1 heterocycles. The lowest BCUT2D eigenvalue weighted by atomic mass is 10.3. The first kappa shape index (κ1) is 11.6. The molecule has 1 aromatic carbocycles. The van der Waals surface area contributed by atoms with Gasteiger partial charge in [-0.3, -0.25) is 0 Å². The molecule has 4 N–H and O–H groups in total. The molecule has 0 radical (unpaired) electrons. The Hall–Kier alpha value is -1.89. The monoisotopic (exact) mass is 298 g/mol. The smallest absolute Gasteiger partial charge is 0.226 e. The summed E-state index contributed by atoms with van der Waals surface area (Å²) in [5, 5.41) is 0. The number of ether oxygens (including phenoxy) is 1. The van der Waals surface area contributed by atoms with Crippen LogP contribution in [-0.4, -0.2) is 9.97 Å². The molecule has 5 nitrogen and oxygen atoms in total. The number of hydrogen-bond acceptors (Lipinski definition) is 5. The molecule has 0 unspecified atom stereocenters. The van der Waals surface area contributed by atoms with Gasteiger partial charge >= 0.3 is 0 Å². The summed E-state index contributed by atoms with van der Waals surface area (Å²) in [6.07, 6.45) is 0. The van der Waals surface area contributed by atoms with E-state index in [9.17, 15) is 4.39 Å². The van der Waals surface area contributed by atoms with Crippen LogP contribution in [0.25, 0.3) is 0 Å². The van der Waals surface area contributed by atoms with E-state index in [1.807, 2.05) is 0 Å². The maximum absolute atomic E-state index is 12.9. The van der Waals surface area contributed by atoms with Crippen molar-refractivity contribution < 1.29 is 9.13 Å². The zero-order valence-corrected chi connectivity index (χ0v) is 10.1. The Bertz CT molecular complexity index is 544. The third-order valence-corrected chi connectivity index (χ3v) is 2.47. The summed E-state index contributed by atoms with van der Waals surface area (Å²) in [5.41, 5.74) is 10.9. The molecule has 0 atom stereocenters. The number of aromatic nitrogens is 2. The Morgan fingerprint density at radius 2 is 1.94 bits per heavy atom. The van der Waals surface area contributed by atoms with E-state index in [0.29, 0.717) is 10.2 Å². The zero-order chi connectivity index (χ0) is 12.4. The largest absolute Gasteiger partial charge is 0.438 e. The minimum absolute atomic E-state index is 0.0123. The maximum atomic E-state index is 12.9. The highest BCUT2D eigenvalue weighted by molar-refractivity contribution is 9.10. The quantitative estimate of drug-likeness (QED) is 0.888. The molecule has 2 aromatic rings. The van der Waals surface area contributed by atoms with Crippen molar-refractivity contribution in [3.05, 3.63) is 34.6 Å². The number of nitrogens with zero attached hydrogens (tertiary/aromatic N) is 2. The fraction of sp³-hybridized carbons (Fsp3) is 0. The lowest BCUT2D eigenvalue weighted by Gasteiger charge is -2.07. The van der Waals surface area contributed by atoms with E-state index < -0.39 is 0 Å². The summed E-state index contributed by atoms with van der Waals surface area (Å²) in [7, 11) is 0. The van der Waals surface area contributed by atoms with Crippen molar-refractivity contribution in [2.75, 3.05) is 11.5 Å². The Kier molecular flexibility index (Phi) is 3.10. The van der Waals surface area contributed by atoms with E-state index in [4.69, 9.17) is 16.2 Å². The van der Waals surface area contributed by atoms with Crippen molar-refractivity contribution in [3.8, 4) is 11.6 Å². The fourth-order valence-electron chi connectivity index (χ4n) is 1.18. The molecule has 7 heteroatoms. The molecule has 0 saturated heterocycles. The minimum atomic E-state index is -0.369. The highest BCUT2D eigenvalue weighted by Crippen LogP contribution is 2.29. The summed E-state index contributed by atoms with van der Waals surface area (Å²) in [4.78, 5) is 7.55. The number of rotatable bonds is 2. The van der Waals surface area contributed by atoms with Crippen LogP contribution in [0.5, 0.6) is 11.6 Å². The van der Waals surface area contributed by atoms with Crippen LogP contribution in [0.15, 0.2) is 28.7 Å². The number of nitrogens with two attached hydrogens (primary N) is 2. The highest BCUT2D eigenvalue weighted by Gasteiger charge is 2.06. The molecular weight excluding hydrogens is 291 g/mol. The molecular formula is C10H8BrFN4O. The van der Waals surface area contributed by atoms with Gasteiger partial charge in [-0.25, -0.2) is 4.39 Å². The first-order valence-corrected chi connectivity index (χ1v) is 5.37. The van der Waals surface area contributed by atoms with E-state index in [1.165, 1.54) is 24.3 Å². The topological polar surface area (TPSA) is 87.0 Å². The first-order chi connectivity index (χ1) is 8.04. The molecule has 17 heavy (non-hydrogen) atoms. The minimum Gasteiger partial charge on any atom is -0.438 e. The van der Waals surface area contributed by atoms with Crippen LogP contribution >= 0.6 is 15.9 Å². The second-order valence-corrected chi connectivity index (χ2v) is 4.02. The van der Waals surface area contributed by atoms with Crippen molar-refractivity contribution in [2.24, 2.45) is 0 Å². The molecule has 0 aliphatic heterocycles. The lowest BCUT2D eigenvalue weighted by molar-refractivity contribution is 0.458. The van der Waals surface area contributed by atoms with Gasteiger partial charge in [0.2, 0.25) is 11.8 Å². The normalized spacial score (nSPS) is 10.2. The van der Waals surface area contributed by atoms with Crippen LogP contribution in [0.2, 0.25) is 0 Å². The van der Waals surface area contributed by atoms with Crippen molar-refractivity contribution in [1.82, 2.24) is 9.97 Å². The SMILES string of the molecule is Nc1cc(Oc2ccc(F)cc2Br)nc(N)n1. The van der Waals surface area contributed by atoms with Gasteiger partial charge in [-0.1, -0.05) is 0 Å². The fourth-order valence-corrected chi connectivity index (χ4v) is 1.62. The predicted molar refractivity (Wildman–Crippen MR) is 65.0 cm³/mol. The predicted octanol–water partition coefficient (Wildman–Crippen LogP) is 2.33. The van der Waals surface area contributed by atoms with E-state index in [1.54, 1.807) is 0 Å². The summed E-state index contributed by atoms with van der Waals surface area (Å²) < 4.78 is 18.7. The Balaban J connectivity index is 2.31. The van der Waals surface area contributed by atoms with E-state index in [2.05, 4.69) is 25.9 Å². The van der Waals surface area contributed by atoms with Crippen LogP contribution in [0.4, 0.5) is 16.2 Å². The van der Waals surface area contributed by atoms with E-state index in [-0.39, 0.29) is 23.5 Å². The van der Waals surface area contributed by atoms with E-state index in [0.717, 1.165) is 0 Å². The third-order valence-electron chi connectivity index (χ3n) is 1.85. The summed E-state index contributed by atoms with van der Waals surface area (Å²) in [5.74, 6) is 0.445. The maximum Gasteiger partial charge on any atom is 0.226 e. The second-order valence-electron chi connectivity index (χ2n) is 3.17. The molecule has 0 saturated carbocycles. The standard InChI is InChI=1S/C10H8BrFN4O/c11-6-3-5(12)1-2-7(6)17-9-4-8(13)15-10(14)16-9/h1-4H,(H4,13,14,15,16). The van der Waals surface area contributed by atoms with Gasteiger partial charge in [0, 0.05) is 6.07 Å². The van der Waals surface area contributed by atoms with E-state index >= 15 is 0 Å². The molecule has 1 aromatic heterocycles. The van der Waals surface area contributed by atoms with Gasteiger partial charge in [-0.05, 0) is 34.1 Å². The number of nitrogen functional groups attached to an aromatic ring is 2. The molecule has 0 bridgehead atoms. The highest BCUT2D eigenvalue weighted by atomic mass is 79.9. The van der Waals surface area contributed by atoms with Gasteiger partial charge in [0.25, 0.3) is 0 Å². The summed E-state index contributed by atoms with van der Waals surface area (Å²) in [6.45, 7) is 0. The Morgan fingerprint density at radius 1 is 1.18 bits per heavy atom. The van der Waals surface area contributed by atoms with Gasteiger partial charge in [-0.2, -0.15) is 9.97 Å². The van der Waals surface area contributed by atoms with Crippen molar-refractivity contribution in [3.63, 3.8) is 0 Å². The number of anilines is 2. The summed E-state index contributed by atoms with van der Waals surface area (Å²) >= 11 is 3.17. The van der Waals surface area contributed by atoms with Crippen LogP contribution in [0.3, 0.4) is 0 Å². The number of hydrogen-bond donors (Lipinski definition) is 2. The van der Waals surface area contributed by atoms with Crippen LogP contribution < -0.4 is 16.2 Å². The summed E-state index contributed by atoms with van der Waals surface area (Å²) in [6, 6.07) is 5.44. The van der Waals surface area contributed by atoms with Crippen molar-refractivity contribution in [1.29, 1.82) is 0 Å². The molecule has 0 amide bonds. The Morgan fingerprint density at radius 3 is 2.59 bits per heavy atom. The second kappa shape index (κ2) is 4.54. The molecule has 88 valence electrons. The molecule has 0 aliphatic rings. The lowest BCUT2D eigenvalue weighted by Crippen LogP contribution is -2.01. The molecule has 0 spiro atoms. The van der Waals surface area contributed by atoms with Gasteiger partial charge in [0.1, 0.15) is 17.4 Å². The average molecular weight is 299 g/mol. The van der Waals surface area contributed by atoms with Crippen LogP contribution in [-0.2, 0) is 0 Å². The average Bonchev–Trinajstić information content (AvgIpc) is 2.21. The van der Waals surface area contributed by atoms with Gasteiger partial charge in [0.05, 0.1) is 4.47 Å².